The highest BCUT2D eigenvalue weighted by Gasteiger charge is 2.24. The highest BCUT2D eigenvalue weighted by atomic mass is 32.1. The summed E-state index contributed by atoms with van der Waals surface area (Å²) in [5, 5.41) is 12.4. The van der Waals surface area contributed by atoms with Crippen molar-refractivity contribution in [3.8, 4) is 0 Å². The van der Waals surface area contributed by atoms with Crippen molar-refractivity contribution in [3.63, 3.8) is 0 Å². The molecule has 0 bridgehead atoms. The van der Waals surface area contributed by atoms with Crippen molar-refractivity contribution in [3.05, 3.63) is 47.9 Å². The number of aliphatic hydroxyl groups excluding tert-OH is 1. The van der Waals surface area contributed by atoms with Gasteiger partial charge in [-0.3, -0.25) is 5.32 Å². The lowest BCUT2D eigenvalue weighted by molar-refractivity contribution is 0.208. The first kappa shape index (κ1) is 18.6. The maximum absolute atomic E-state index is 14.3. The minimum Gasteiger partial charge on any atom is -0.396 e. The fourth-order valence-electron chi connectivity index (χ4n) is 3.19. The molecule has 1 fully saturated rings. The van der Waals surface area contributed by atoms with Gasteiger partial charge in [-0.05, 0) is 30.2 Å². The number of thiazole rings is 1. The predicted octanol–water partition coefficient (Wildman–Crippen LogP) is 2.72. The van der Waals surface area contributed by atoms with Crippen LogP contribution in [0.15, 0.2) is 36.5 Å². The molecule has 0 radical (unpaired) electrons. The van der Waals surface area contributed by atoms with E-state index >= 15 is 0 Å². The third-order valence-electron chi connectivity index (χ3n) is 4.65. The third kappa shape index (κ3) is 3.90. The van der Waals surface area contributed by atoms with Gasteiger partial charge in [0.05, 0.1) is 10.2 Å². The topological polar surface area (TPSA) is 81.6 Å². The molecule has 7 nitrogen and oxygen atoms in total. The van der Waals surface area contributed by atoms with Crippen LogP contribution in [0.2, 0.25) is 0 Å². The summed E-state index contributed by atoms with van der Waals surface area (Å²) in [5.41, 5.74) is 1.52. The predicted molar refractivity (Wildman–Crippen MR) is 107 cm³/mol. The minimum atomic E-state index is -0.404. The molecule has 1 aromatic carbocycles. The van der Waals surface area contributed by atoms with Crippen LogP contribution < -0.4 is 10.2 Å². The van der Waals surface area contributed by atoms with Crippen LogP contribution in [0.3, 0.4) is 0 Å². The van der Waals surface area contributed by atoms with Crippen molar-refractivity contribution in [2.24, 2.45) is 0 Å². The number of amides is 2. The standard InChI is InChI=1S/C19H20FN5O2S/c20-14-11-13(5-10-26)12-21-17(14)24-6-8-25(9-7-24)19(27)23-18-22-15-3-1-2-4-16(15)28-18/h1-4,11-12,26H,5-10H2,(H,22,23,27). The molecule has 9 heteroatoms. The molecule has 1 aliphatic heterocycles. The number of anilines is 2. The quantitative estimate of drug-likeness (QED) is 0.703. The van der Waals surface area contributed by atoms with Crippen LogP contribution in [0.1, 0.15) is 5.56 Å². The number of para-hydroxylation sites is 1. The van der Waals surface area contributed by atoms with Crippen LogP contribution in [0, 0.1) is 5.82 Å². The van der Waals surface area contributed by atoms with Gasteiger partial charge in [-0.25, -0.2) is 19.2 Å². The fraction of sp³-hybridized carbons (Fsp3) is 0.316. The molecule has 2 N–H and O–H groups in total. The molecule has 28 heavy (non-hydrogen) atoms. The number of halogens is 1. The monoisotopic (exact) mass is 401 g/mol. The fourth-order valence-corrected chi connectivity index (χ4v) is 4.04. The van der Waals surface area contributed by atoms with Gasteiger partial charge in [0.2, 0.25) is 0 Å². The molecule has 0 unspecified atom stereocenters. The summed E-state index contributed by atoms with van der Waals surface area (Å²) in [4.78, 5) is 24.7. The van der Waals surface area contributed by atoms with Crippen LogP contribution in [0.5, 0.6) is 0 Å². The van der Waals surface area contributed by atoms with Crippen molar-refractivity contribution in [1.29, 1.82) is 0 Å². The molecule has 2 aromatic heterocycles. The number of fused-ring (bicyclic) bond motifs is 1. The van der Waals surface area contributed by atoms with Crippen LogP contribution in [-0.4, -0.2) is 58.8 Å². The Balaban J connectivity index is 1.36. The Bertz CT molecular complexity index is 954. The number of nitrogens with one attached hydrogen (secondary N) is 1. The number of aliphatic hydroxyl groups is 1. The van der Waals surface area contributed by atoms with Crippen molar-refractivity contribution in [1.82, 2.24) is 14.9 Å². The number of pyridine rings is 1. The number of nitrogens with zero attached hydrogens (tertiary/aromatic N) is 4. The Kier molecular flexibility index (Phi) is 5.36. The molecule has 1 saturated heterocycles. The van der Waals surface area contributed by atoms with Gasteiger partial charge in [-0.15, -0.1) is 0 Å². The van der Waals surface area contributed by atoms with E-state index in [2.05, 4.69) is 15.3 Å². The highest BCUT2D eigenvalue weighted by Crippen LogP contribution is 2.26. The number of benzene rings is 1. The van der Waals surface area contributed by atoms with E-state index in [9.17, 15) is 9.18 Å². The molecule has 3 aromatic rings. The van der Waals surface area contributed by atoms with E-state index in [0.717, 1.165) is 10.2 Å². The Morgan fingerprint density at radius 2 is 2.04 bits per heavy atom. The average Bonchev–Trinajstić information content (AvgIpc) is 3.11. The van der Waals surface area contributed by atoms with Gasteiger partial charge >= 0.3 is 6.03 Å². The lowest BCUT2D eigenvalue weighted by Crippen LogP contribution is -2.50. The number of rotatable bonds is 4. The largest absolute Gasteiger partial charge is 0.396 e. The molecule has 0 aliphatic carbocycles. The SMILES string of the molecule is O=C(Nc1nc2ccccc2s1)N1CCN(c2ncc(CCO)cc2F)CC1. The molecule has 0 atom stereocenters. The maximum atomic E-state index is 14.3. The summed E-state index contributed by atoms with van der Waals surface area (Å²) in [6.45, 7) is 1.89. The van der Waals surface area contributed by atoms with Gasteiger partial charge in [0.25, 0.3) is 0 Å². The maximum Gasteiger partial charge on any atom is 0.323 e. The zero-order chi connectivity index (χ0) is 19.5. The average molecular weight is 401 g/mol. The lowest BCUT2D eigenvalue weighted by Gasteiger charge is -2.35. The number of hydrogen-bond donors (Lipinski definition) is 2. The number of carbonyl (C=O) groups excluding carboxylic acids is 1. The molecule has 0 spiro atoms. The third-order valence-corrected chi connectivity index (χ3v) is 5.60. The summed E-state index contributed by atoms with van der Waals surface area (Å²) in [6, 6.07) is 8.93. The summed E-state index contributed by atoms with van der Waals surface area (Å²) < 4.78 is 15.3. The minimum absolute atomic E-state index is 0.0388. The van der Waals surface area contributed by atoms with Crippen molar-refractivity contribution in [2.75, 3.05) is 43.0 Å². The Hall–Kier alpha value is -2.78. The molecule has 4 rings (SSSR count). The summed E-state index contributed by atoms with van der Waals surface area (Å²) in [5.74, 6) is -0.119. The van der Waals surface area contributed by atoms with E-state index < -0.39 is 5.82 Å². The van der Waals surface area contributed by atoms with Gasteiger partial charge in [0.1, 0.15) is 0 Å². The van der Waals surface area contributed by atoms with Crippen molar-refractivity contribution >= 4 is 38.5 Å². The molecule has 3 heterocycles. The van der Waals surface area contributed by atoms with E-state index in [-0.39, 0.29) is 18.5 Å². The second-order valence-corrected chi connectivity index (χ2v) is 7.54. The number of hydrogen-bond acceptors (Lipinski definition) is 6. The van der Waals surface area contributed by atoms with Crippen molar-refractivity contribution < 1.29 is 14.3 Å². The Labute approximate surface area is 165 Å². The zero-order valence-corrected chi connectivity index (χ0v) is 16.0. The Morgan fingerprint density at radius 3 is 2.75 bits per heavy atom. The first-order valence-corrected chi connectivity index (χ1v) is 9.87. The van der Waals surface area contributed by atoms with Gasteiger partial charge in [0, 0.05) is 39.0 Å². The van der Waals surface area contributed by atoms with E-state index in [1.165, 1.54) is 17.4 Å². The number of aromatic nitrogens is 2. The van der Waals surface area contributed by atoms with Crippen LogP contribution in [0.25, 0.3) is 10.2 Å². The number of piperazine rings is 1. The van der Waals surface area contributed by atoms with Crippen LogP contribution in [0.4, 0.5) is 20.1 Å². The van der Waals surface area contributed by atoms with Crippen LogP contribution in [-0.2, 0) is 6.42 Å². The molecular formula is C19H20FN5O2S. The molecule has 0 saturated carbocycles. The second kappa shape index (κ2) is 8.07. The smallest absolute Gasteiger partial charge is 0.323 e. The Morgan fingerprint density at radius 1 is 1.25 bits per heavy atom. The van der Waals surface area contributed by atoms with Gasteiger partial charge < -0.3 is 14.9 Å². The number of carbonyl (C=O) groups is 1. The van der Waals surface area contributed by atoms with E-state index in [1.807, 2.05) is 29.2 Å². The van der Waals surface area contributed by atoms with E-state index in [1.54, 1.807) is 11.1 Å². The molecular weight excluding hydrogens is 381 g/mol. The number of urea groups is 1. The van der Waals surface area contributed by atoms with E-state index in [0.29, 0.717) is 43.3 Å². The van der Waals surface area contributed by atoms with Gasteiger partial charge in [-0.1, -0.05) is 23.5 Å². The normalized spacial score (nSPS) is 14.5. The first-order valence-electron chi connectivity index (χ1n) is 9.06. The van der Waals surface area contributed by atoms with Crippen LogP contribution >= 0.6 is 11.3 Å². The van der Waals surface area contributed by atoms with Gasteiger partial charge in [-0.2, -0.15) is 0 Å². The lowest BCUT2D eigenvalue weighted by atomic mass is 10.2. The molecule has 1 aliphatic rings. The molecule has 146 valence electrons. The summed E-state index contributed by atoms with van der Waals surface area (Å²) >= 11 is 1.44. The summed E-state index contributed by atoms with van der Waals surface area (Å²) in [6.07, 6.45) is 1.96. The van der Waals surface area contributed by atoms with Gasteiger partial charge in [0.15, 0.2) is 16.8 Å². The molecule has 2 amide bonds. The highest BCUT2D eigenvalue weighted by molar-refractivity contribution is 7.22. The van der Waals surface area contributed by atoms with Crippen molar-refractivity contribution in [2.45, 2.75) is 6.42 Å². The second-order valence-electron chi connectivity index (χ2n) is 6.51. The summed E-state index contributed by atoms with van der Waals surface area (Å²) in [7, 11) is 0. The first-order chi connectivity index (χ1) is 13.6. The van der Waals surface area contributed by atoms with E-state index in [4.69, 9.17) is 5.11 Å². The zero-order valence-electron chi connectivity index (χ0n) is 15.1.